The van der Waals surface area contributed by atoms with Gasteiger partial charge in [-0.15, -0.1) is 0 Å². The number of ether oxygens (including phenoxy) is 2. The van der Waals surface area contributed by atoms with Crippen LogP contribution in [0.4, 0.5) is 0 Å². The molecule has 162 valence electrons. The number of hydrogen-bond donors (Lipinski definition) is 1. The Hall–Kier alpha value is -3.17. The fourth-order valence-corrected chi connectivity index (χ4v) is 5.43. The third-order valence-electron chi connectivity index (χ3n) is 5.37. The normalized spacial score (nSPS) is 17.0. The molecule has 0 radical (unpaired) electrons. The van der Waals surface area contributed by atoms with Gasteiger partial charge in [-0.3, -0.25) is 9.78 Å². The van der Waals surface area contributed by atoms with Gasteiger partial charge >= 0.3 is 5.97 Å². The van der Waals surface area contributed by atoms with E-state index in [2.05, 4.69) is 4.98 Å². The summed E-state index contributed by atoms with van der Waals surface area (Å²) in [7, 11) is -2.32. The number of rotatable bonds is 7. The number of aromatic nitrogens is 1. The summed E-state index contributed by atoms with van der Waals surface area (Å²) in [5, 5.41) is 10.2. The Bertz CT molecular complexity index is 1210. The van der Waals surface area contributed by atoms with Crippen molar-refractivity contribution in [2.24, 2.45) is 0 Å². The van der Waals surface area contributed by atoms with Gasteiger partial charge in [0, 0.05) is 17.5 Å². The van der Waals surface area contributed by atoms with E-state index < -0.39 is 22.0 Å². The van der Waals surface area contributed by atoms with Gasteiger partial charge in [-0.25, -0.2) is 8.42 Å². The first kappa shape index (κ1) is 21.1. The summed E-state index contributed by atoms with van der Waals surface area (Å²) < 4.78 is 38.1. The van der Waals surface area contributed by atoms with E-state index >= 15 is 0 Å². The lowest BCUT2D eigenvalue weighted by Gasteiger charge is -2.21. The second-order valence-corrected chi connectivity index (χ2v) is 9.08. The van der Waals surface area contributed by atoms with Crippen LogP contribution in [0.3, 0.4) is 0 Å². The van der Waals surface area contributed by atoms with Crippen molar-refractivity contribution in [2.45, 2.75) is 30.4 Å². The summed E-state index contributed by atoms with van der Waals surface area (Å²) in [5.74, 6) is -0.0377. The lowest BCUT2D eigenvalue weighted by atomic mass is 10.1. The molecule has 0 spiro atoms. The maximum atomic E-state index is 12.9. The molecule has 0 aliphatic carbocycles. The fraction of sp³-hybridized carbons (Fsp3) is 0.273. The molecule has 1 aliphatic rings. The minimum Gasteiger partial charge on any atom is -0.495 e. The molecule has 0 unspecified atom stereocenters. The molecule has 1 N–H and O–H groups in total. The van der Waals surface area contributed by atoms with E-state index in [0.29, 0.717) is 24.3 Å². The number of carbonyl (C=O) groups is 1. The van der Waals surface area contributed by atoms with Crippen LogP contribution in [0.25, 0.3) is 10.9 Å². The summed E-state index contributed by atoms with van der Waals surface area (Å²) in [5.41, 5.74) is 1.66. The Balaban J connectivity index is 1.54. The summed E-state index contributed by atoms with van der Waals surface area (Å²) in [6.45, 7) is 0.415. The predicted molar refractivity (Wildman–Crippen MR) is 114 cm³/mol. The molecule has 0 bridgehead atoms. The van der Waals surface area contributed by atoms with E-state index in [9.17, 15) is 18.3 Å². The first-order chi connectivity index (χ1) is 14.9. The van der Waals surface area contributed by atoms with Crippen LogP contribution >= 0.6 is 0 Å². The van der Waals surface area contributed by atoms with Gasteiger partial charge in [0.2, 0.25) is 10.0 Å². The number of fused-ring (bicyclic) bond motifs is 1. The van der Waals surface area contributed by atoms with Crippen LogP contribution < -0.4 is 9.47 Å². The van der Waals surface area contributed by atoms with E-state index in [1.54, 1.807) is 25.4 Å². The van der Waals surface area contributed by atoms with E-state index in [1.807, 2.05) is 24.3 Å². The first-order valence-corrected chi connectivity index (χ1v) is 11.2. The molecule has 9 heteroatoms. The predicted octanol–water partition coefficient (Wildman–Crippen LogP) is 3.06. The average Bonchev–Trinajstić information content (AvgIpc) is 3.29. The number of pyridine rings is 1. The zero-order valence-corrected chi connectivity index (χ0v) is 17.7. The number of nitrogens with zero attached hydrogens (tertiary/aromatic N) is 2. The lowest BCUT2D eigenvalue weighted by Crippen LogP contribution is -2.40. The Morgan fingerprint density at radius 1 is 1.19 bits per heavy atom. The monoisotopic (exact) mass is 442 g/mol. The van der Waals surface area contributed by atoms with Gasteiger partial charge in [0.15, 0.2) is 0 Å². The Morgan fingerprint density at radius 3 is 2.65 bits per heavy atom. The number of sulfonamides is 1. The third kappa shape index (κ3) is 4.06. The second-order valence-electron chi connectivity index (χ2n) is 7.19. The molecule has 31 heavy (non-hydrogen) atoms. The number of carboxylic acids is 1. The number of hydrogen-bond acceptors (Lipinski definition) is 6. The molecular formula is C22H22N2O6S. The van der Waals surface area contributed by atoms with Crippen LogP contribution in [0, 0.1) is 0 Å². The van der Waals surface area contributed by atoms with E-state index in [0.717, 1.165) is 20.8 Å². The molecule has 3 aromatic rings. The van der Waals surface area contributed by atoms with Crippen LogP contribution in [0.2, 0.25) is 0 Å². The second kappa shape index (κ2) is 8.52. The van der Waals surface area contributed by atoms with Crippen molar-refractivity contribution in [3.05, 3.63) is 60.3 Å². The topological polar surface area (TPSA) is 106 Å². The molecule has 8 nitrogen and oxygen atoms in total. The highest BCUT2D eigenvalue weighted by molar-refractivity contribution is 7.89. The molecule has 2 aromatic carbocycles. The van der Waals surface area contributed by atoms with Crippen molar-refractivity contribution >= 4 is 26.9 Å². The van der Waals surface area contributed by atoms with E-state index in [4.69, 9.17) is 9.47 Å². The molecule has 1 aromatic heterocycles. The third-order valence-corrected chi connectivity index (χ3v) is 7.29. The summed E-state index contributed by atoms with van der Waals surface area (Å²) in [6.07, 6.45) is 2.49. The maximum absolute atomic E-state index is 12.9. The van der Waals surface area contributed by atoms with Crippen molar-refractivity contribution in [1.29, 1.82) is 0 Å². The van der Waals surface area contributed by atoms with Crippen molar-refractivity contribution in [2.75, 3.05) is 13.7 Å². The Kier molecular flexibility index (Phi) is 5.79. The number of aliphatic carboxylic acids is 1. The highest BCUT2D eigenvalue weighted by atomic mass is 32.2. The summed E-state index contributed by atoms with van der Waals surface area (Å²) >= 11 is 0. The molecule has 0 amide bonds. The molecule has 1 atom stereocenters. The number of methoxy groups -OCH3 is 1. The van der Waals surface area contributed by atoms with E-state index in [1.165, 1.54) is 12.1 Å². The maximum Gasteiger partial charge on any atom is 0.322 e. The van der Waals surface area contributed by atoms with Crippen molar-refractivity contribution in [1.82, 2.24) is 9.29 Å². The summed E-state index contributed by atoms with van der Waals surface area (Å²) in [6, 6.07) is 12.6. The Labute approximate surface area is 180 Å². The van der Waals surface area contributed by atoms with Gasteiger partial charge in [0.25, 0.3) is 0 Å². The van der Waals surface area contributed by atoms with Crippen LogP contribution in [0.5, 0.6) is 11.5 Å². The van der Waals surface area contributed by atoms with Gasteiger partial charge in [-0.1, -0.05) is 18.2 Å². The van der Waals surface area contributed by atoms with Crippen molar-refractivity contribution < 1.29 is 27.8 Å². The van der Waals surface area contributed by atoms with Gasteiger partial charge in [-0.05, 0) is 43.2 Å². The average molecular weight is 442 g/mol. The lowest BCUT2D eigenvalue weighted by molar-refractivity contribution is -0.140. The highest BCUT2D eigenvalue weighted by Crippen LogP contribution is 2.29. The SMILES string of the molecule is COc1cnc2ccccc2c1COc1ccc(S(=O)(=O)N2CCC[C@@H]2C(=O)O)cc1. The fourth-order valence-electron chi connectivity index (χ4n) is 3.78. The molecule has 2 heterocycles. The molecule has 1 saturated heterocycles. The molecule has 1 fully saturated rings. The number of carboxylic acid groups (broad SMARTS) is 1. The van der Waals surface area contributed by atoms with Gasteiger partial charge < -0.3 is 14.6 Å². The van der Waals surface area contributed by atoms with E-state index in [-0.39, 0.29) is 18.0 Å². The van der Waals surface area contributed by atoms with Crippen LogP contribution in [0.1, 0.15) is 18.4 Å². The first-order valence-electron chi connectivity index (χ1n) is 9.80. The number of para-hydroxylation sites is 1. The van der Waals surface area contributed by atoms with Crippen LogP contribution in [-0.4, -0.2) is 48.5 Å². The van der Waals surface area contributed by atoms with Gasteiger partial charge in [0.1, 0.15) is 24.1 Å². The molecule has 1 aliphatic heterocycles. The van der Waals surface area contributed by atoms with Crippen LogP contribution in [-0.2, 0) is 21.4 Å². The molecule has 0 saturated carbocycles. The quantitative estimate of drug-likeness (QED) is 0.599. The van der Waals surface area contributed by atoms with Crippen molar-refractivity contribution in [3.63, 3.8) is 0 Å². The largest absolute Gasteiger partial charge is 0.495 e. The Morgan fingerprint density at radius 2 is 1.94 bits per heavy atom. The zero-order chi connectivity index (χ0) is 22.0. The molecular weight excluding hydrogens is 420 g/mol. The smallest absolute Gasteiger partial charge is 0.322 e. The minimum atomic E-state index is -3.89. The van der Waals surface area contributed by atoms with Crippen LogP contribution in [0.15, 0.2) is 59.6 Å². The minimum absolute atomic E-state index is 0.0416. The van der Waals surface area contributed by atoms with Gasteiger partial charge in [0.05, 0.1) is 23.7 Å². The zero-order valence-electron chi connectivity index (χ0n) is 16.9. The highest BCUT2D eigenvalue weighted by Gasteiger charge is 2.39. The molecule has 4 rings (SSSR count). The number of benzene rings is 2. The van der Waals surface area contributed by atoms with Crippen molar-refractivity contribution in [3.8, 4) is 11.5 Å². The standard InChI is InChI=1S/C22H22N2O6S/c1-29-21-13-23-19-6-3-2-5-17(19)18(21)14-30-15-8-10-16(11-9-15)31(27,28)24-12-4-7-20(24)22(25)26/h2-3,5-6,8-11,13,20H,4,7,12,14H2,1H3,(H,25,26)/t20-/m1/s1. The van der Waals surface area contributed by atoms with Gasteiger partial charge in [-0.2, -0.15) is 4.31 Å². The summed E-state index contributed by atoms with van der Waals surface area (Å²) in [4.78, 5) is 15.8.